The van der Waals surface area contributed by atoms with E-state index in [0.29, 0.717) is 18.2 Å². The molecular formula is C18H22N2O2. The van der Waals surface area contributed by atoms with Gasteiger partial charge in [-0.1, -0.05) is 19.3 Å². The summed E-state index contributed by atoms with van der Waals surface area (Å²) in [6.45, 7) is 1.42. The number of pyridine rings is 1. The third kappa shape index (κ3) is 3.75. The van der Waals surface area contributed by atoms with Crippen molar-refractivity contribution in [2.75, 3.05) is 6.54 Å². The highest BCUT2D eigenvalue weighted by Gasteiger charge is 2.23. The van der Waals surface area contributed by atoms with Crippen LogP contribution in [0.3, 0.4) is 0 Å². The van der Waals surface area contributed by atoms with Gasteiger partial charge in [0, 0.05) is 25.5 Å². The van der Waals surface area contributed by atoms with Crippen molar-refractivity contribution in [3.63, 3.8) is 0 Å². The number of furan rings is 1. The van der Waals surface area contributed by atoms with E-state index in [2.05, 4.69) is 4.98 Å². The van der Waals surface area contributed by atoms with Gasteiger partial charge < -0.3 is 9.32 Å². The van der Waals surface area contributed by atoms with Crippen LogP contribution in [0.15, 0.2) is 47.3 Å². The summed E-state index contributed by atoms with van der Waals surface area (Å²) in [6, 6.07) is 7.42. The van der Waals surface area contributed by atoms with Gasteiger partial charge in [-0.2, -0.15) is 0 Å². The van der Waals surface area contributed by atoms with Gasteiger partial charge in [-0.3, -0.25) is 9.78 Å². The zero-order valence-electron chi connectivity index (χ0n) is 12.8. The van der Waals surface area contributed by atoms with E-state index in [1.807, 2.05) is 17.0 Å². The minimum absolute atomic E-state index is 0.0209. The van der Waals surface area contributed by atoms with Gasteiger partial charge in [0.05, 0.1) is 6.26 Å². The first-order valence-corrected chi connectivity index (χ1v) is 8.04. The number of nitrogens with zero attached hydrogens (tertiary/aromatic N) is 2. The lowest BCUT2D eigenvalue weighted by atomic mass is 9.89. The molecule has 2 aromatic rings. The summed E-state index contributed by atoms with van der Waals surface area (Å²) < 4.78 is 5.30. The fourth-order valence-corrected chi connectivity index (χ4v) is 3.17. The molecule has 2 aromatic heterocycles. The van der Waals surface area contributed by atoms with Crippen LogP contribution >= 0.6 is 0 Å². The topological polar surface area (TPSA) is 46.3 Å². The first-order valence-electron chi connectivity index (χ1n) is 8.04. The van der Waals surface area contributed by atoms with Gasteiger partial charge in [-0.25, -0.2) is 0 Å². The van der Waals surface area contributed by atoms with Crippen LogP contribution in [-0.4, -0.2) is 22.3 Å². The smallest absolute Gasteiger partial charge is 0.289 e. The van der Waals surface area contributed by atoms with Crippen LogP contribution in [0.2, 0.25) is 0 Å². The first-order chi connectivity index (χ1) is 10.8. The van der Waals surface area contributed by atoms with Crippen molar-refractivity contribution in [1.29, 1.82) is 0 Å². The van der Waals surface area contributed by atoms with Crippen LogP contribution in [-0.2, 0) is 6.54 Å². The quantitative estimate of drug-likeness (QED) is 0.841. The van der Waals surface area contributed by atoms with Crippen molar-refractivity contribution >= 4 is 5.91 Å². The average Bonchev–Trinajstić information content (AvgIpc) is 3.10. The first kappa shape index (κ1) is 14.8. The summed E-state index contributed by atoms with van der Waals surface area (Å²) in [6.07, 6.45) is 11.4. The van der Waals surface area contributed by atoms with E-state index in [1.54, 1.807) is 30.8 Å². The van der Waals surface area contributed by atoms with Gasteiger partial charge in [0.1, 0.15) is 0 Å². The molecule has 0 saturated heterocycles. The van der Waals surface area contributed by atoms with Crippen molar-refractivity contribution in [1.82, 2.24) is 9.88 Å². The second-order valence-corrected chi connectivity index (χ2v) is 6.02. The Bertz CT molecular complexity index is 574. The number of carbonyl (C=O) groups excluding carboxylic acids is 1. The second kappa shape index (κ2) is 7.25. The Morgan fingerprint density at radius 3 is 2.64 bits per heavy atom. The number of amides is 1. The van der Waals surface area contributed by atoms with Gasteiger partial charge in [-0.15, -0.1) is 0 Å². The zero-order valence-corrected chi connectivity index (χ0v) is 12.8. The van der Waals surface area contributed by atoms with Crippen LogP contribution < -0.4 is 0 Å². The molecule has 3 rings (SSSR count). The lowest BCUT2D eigenvalue weighted by Gasteiger charge is -2.29. The van der Waals surface area contributed by atoms with Crippen molar-refractivity contribution in [3.05, 3.63) is 54.2 Å². The lowest BCUT2D eigenvalue weighted by molar-refractivity contribution is 0.0667. The Kier molecular flexibility index (Phi) is 4.88. The van der Waals surface area contributed by atoms with E-state index >= 15 is 0 Å². The molecule has 0 bridgehead atoms. The van der Waals surface area contributed by atoms with Gasteiger partial charge in [0.25, 0.3) is 5.91 Å². The largest absolute Gasteiger partial charge is 0.459 e. The Morgan fingerprint density at radius 2 is 1.95 bits per heavy atom. The standard InChI is InChI=1S/C18H22N2O2/c21-18(17-7-4-12-22-17)20(13-15-5-2-1-3-6-15)14-16-8-10-19-11-9-16/h4,7-12,15H,1-3,5-6,13-14H2. The molecule has 0 atom stereocenters. The summed E-state index contributed by atoms with van der Waals surface area (Å²) in [5.74, 6) is 1.01. The molecule has 4 heteroatoms. The predicted octanol–water partition coefficient (Wildman–Crippen LogP) is 3.90. The molecule has 1 aliphatic carbocycles. The molecule has 2 heterocycles. The molecule has 22 heavy (non-hydrogen) atoms. The monoisotopic (exact) mass is 298 g/mol. The van der Waals surface area contributed by atoms with Crippen molar-refractivity contribution < 1.29 is 9.21 Å². The number of hydrogen-bond donors (Lipinski definition) is 0. The molecular weight excluding hydrogens is 276 g/mol. The fourth-order valence-electron chi connectivity index (χ4n) is 3.17. The van der Waals surface area contributed by atoms with Crippen LogP contribution in [0.25, 0.3) is 0 Å². The van der Waals surface area contributed by atoms with Crippen LogP contribution in [0.4, 0.5) is 0 Å². The number of aromatic nitrogens is 1. The van der Waals surface area contributed by atoms with Gasteiger partial charge in [0.2, 0.25) is 0 Å². The molecule has 0 aliphatic heterocycles. The number of rotatable bonds is 5. The van der Waals surface area contributed by atoms with Crippen molar-refractivity contribution in [2.45, 2.75) is 38.6 Å². The molecule has 0 N–H and O–H groups in total. The Balaban J connectivity index is 1.73. The SMILES string of the molecule is O=C(c1ccco1)N(Cc1ccncc1)CC1CCCCC1. The Labute approximate surface area is 131 Å². The summed E-state index contributed by atoms with van der Waals surface area (Å²) in [5.41, 5.74) is 1.10. The van der Waals surface area contributed by atoms with Crippen LogP contribution in [0, 0.1) is 5.92 Å². The maximum absolute atomic E-state index is 12.7. The maximum Gasteiger partial charge on any atom is 0.289 e. The van der Waals surface area contributed by atoms with Gasteiger partial charge >= 0.3 is 0 Å². The fraction of sp³-hybridized carbons (Fsp3) is 0.444. The lowest BCUT2D eigenvalue weighted by Crippen LogP contribution is -2.35. The highest BCUT2D eigenvalue weighted by Crippen LogP contribution is 2.25. The van der Waals surface area contributed by atoms with E-state index in [1.165, 1.54) is 32.1 Å². The summed E-state index contributed by atoms with van der Waals surface area (Å²) in [7, 11) is 0. The molecule has 116 valence electrons. The second-order valence-electron chi connectivity index (χ2n) is 6.02. The highest BCUT2D eigenvalue weighted by atomic mass is 16.3. The van der Waals surface area contributed by atoms with E-state index < -0.39 is 0 Å². The summed E-state index contributed by atoms with van der Waals surface area (Å²) in [5, 5.41) is 0. The minimum Gasteiger partial charge on any atom is -0.459 e. The minimum atomic E-state index is -0.0209. The molecule has 1 aliphatic rings. The number of hydrogen-bond acceptors (Lipinski definition) is 3. The summed E-state index contributed by atoms with van der Waals surface area (Å²) >= 11 is 0. The Hall–Kier alpha value is -2.10. The van der Waals surface area contributed by atoms with Crippen molar-refractivity contribution in [2.24, 2.45) is 5.92 Å². The maximum atomic E-state index is 12.7. The molecule has 1 fully saturated rings. The molecule has 0 spiro atoms. The highest BCUT2D eigenvalue weighted by molar-refractivity contribution is 5.91. The Morgan fingerprint density at radius 1 is 1.18 bits per heavy atom. The average molecular weight is 298 g/mol. The van der Waals surface area contributed by atoms with E-state index in [9.17, 15) is 4.79 Å². The molecule has 0 aromatic carbocycles. The van der Waals surface area contributed by atoms with E-state index in [4.69, 9.17) is 4.42 Å². The molecule has 4 nitrogen and oxygen atoms in total. The molecule has 1 saturated carbocycles. The predicted molar refractivity (Wildman–Crippen MR) is 84.3 cm³/mol. The van der Waals surface area contributed by atoms with Crippen LogP contribution in [0.5, 0.6) is 0 Å². The van der Waals surface area contributed by atoms with Crippen molar-refractivity contribution in [3.8, 4) is 0 Å². The van der Waals surface area contributed by atoms with Gasteiger partial charge in [-0.05, 0) is 48.6 Å². The van der Waals surface area contributed by atoms with E-state index in [0.717, 1.165) is 12.1 Å². The molecule has 0 radical (unpaired) electrons. The zero-order chi connectivity index (χ0) is 15.2. The summed E-state index contributed by atoms with van der Waals surface area (Å²) in [4.78, 5) is 18.7. The molecule has 0 unspecified atom stereocenters. The molecule has 1 amide bonds. The normalized spacial score (nSPS) is 15.6. The third-order valence-corrected chi connectivity index (χ3v) is 4.35. The van der Waals surface area contributed by atoms with Gasteiger partial charge in [0.15, 0.2) is 5.76 Å². The third-order valence-electron chi connectivity index (χ3n) is 4.35. The van der Waals surface area contributed by atoms with Crippen LogP contribution in [0.1, 0.15) is 48.2 Å². The number of carbonyl (C=O) groups is 1. The van der Waals surface area contributed by atoms with E-state index in [-0.39, 0.29) is 5.91 Å².